The van der Waals surface area contributed by atoms with E-state index in [1.54, 1.807) is 0 Å². The first-order chi connectivity index (χ1) is 5.00. The Balaban J connectivity index is 0.000000461. The largest absolute Gasteiger partial charge is 0.0683 e. The van der Waals surface area contributed by atoms with Crippen LogP contribution in [0.2, 0.25) is 0 Å². The summed E-state index contributed by atoms with van der Waals surface area (Å²) in [6, 6.07) is 0. The Morgan fingerprint density at radius 3 is 1.45 bits per heavy atom. The van der Waals surface area contributed by atoms with Gasteiger partial charge in [0, 0.05) is 0 Å². The Kier molecular flexibility index (Phi) is 4.13. The van der Waals surface area contributed by atoms with Gasteiger partial charge in [0.1, 0.15) is 0 Å². The summed E-state index contributed by atoms with van der Waals surface area (Å²) in [5.74, 6) is 2.02. The molecule has 0 unspecified atom stereocenters. The number of rotatable bonds is 0. The van der Waals surface area contributed by atoms with Crippen LogP contribution in [0.3, 0.4) is 0 Å². The van der Waals surface area contributed by atoms with Crippen LogP contribution in [0.1, 0.15) is 54.4 Å². The molecule has 0 aliphatic heterocycles. The van der Waals surface area contributed by atoms with Crippen LogP contribution < -0.4 is 0 Å². The molecule has 68 valence electrons. The highest BCUT2D eigenvalue weighted by atomic mass is 14.4. The van der Waals surface area contributed by atoms with E-state index in [4.69, 9.17) is 0 Å². The zero-order chi connectivity index (χ0) is 9.07. The van der Waals surface area contributed by atoms with Crippen molar-refractivity contribution in [3.63, 3.8) is 0 Å². The van der Waals surface area contributed by atoms with Gasteiger partial charge in [0.25, 0.3) is 0 Å². The molecule has 0 spiro atoms. The molecule has 0 heterocycles. The van der Waals surface area contributed by atoms with Crippen LogP contribution in [0.5, 0.6) is 0 Å². The van der Waals surface area contributed by atoms with Crippen molar-refractivity contribution in [1.29, 1.82) is 0 Å². The third kappa shape index (κ3) is 3.27. The molecule has 1 aliphatic rings. The van der Waals surface area contributed by atoms with Crippen molar-refractivity contribution in [3.8, 4) is 0 Å². The number of hydrogen-bond donors (Lipinski definition) is 0. The van der Waals surface area contributed by atoms with Gasteiger partial charge in [-0.25, -0.2) is 0 Å². The average Bonchev–Trinajstić information content (AvgIpc) is 1.84. The molecule has 0 atom stereocenters. The molecular weight excluding hydrogens is 132 g/mol. The molecule has 1 saturated carbocycles. The van der Waals surface area contributed by atoms with Crippen molar-refractivity contribution >= 4 is 0 Å². The first kappa shape index (κ1) is 11.0. The van der Waals surface area contributed by atoms with Crippen molar-refractivity contribution in [2.45, 2.75) is 54.4 Å². The van der Waals surface area contributed by atoms with Gasteiger partial charge in [-0.05, 0) is 30.1 Å². The van der Waals surface area contributed by atoms with E-state index in [-0.39, 0.29) is 0 Å². The zero-order valence-electron chi connectivity index (χ0n) is 9.07. The lowest BCUT2D eigenvalue weighted by Gasteiger charge is -2.42. The van der Waals surface area contributed by atoms with E-state index in [9.17, 15) is 0 Å². The summed E-state index contributed by atoms with van der Waals surface area (Å²) in [6.45, 7) is 13.4. The van der Waals surface area contributed by atoms with Gasteiger partial charge >= 0.3 is 0 Å². The van der Waals surface area contributed by atoms with Gasteiger partial charge in [0.15, 0.2) is 0 Å². The summed E-state index contributed by atoms with van der Waals surface area (Å²) in [7, 11) is 0. The minimum atomic E-state index is 0.576. The maximum atomic E-state index is 2.35. The first-order valence-electron chi connectivity index (χ1n) is 5.00. The lowest BCUT2D eigenvalue weighted by atomic mass is 9.64. The van der Waals surface area contributed by atoms with Crippen LogP contribution in [0.4, 0.5) is 0 Å². The summed E-state index contributed by atoms with van der Waals surface area (Å²) in [5.41, 5.74) is 0.576. The Labute approximate surface area is 72.4 Å². The van der Waals surface area contributed by atoms with Crippen molar-refractivity contribution in [2.75, 3.05) is 0 Å². The van der Waals surface area contributed by atoms with Gasteiger partial charge in [0.2, 0.25) is 0 Å². The minimum Gasteiger partial charge on any atom is -0.0683 e. The average molecular weight is 156 g/mol. The molecule has 0 aromatic rings. The van der Waals surface area contributed by atoms with Crippen molar-refractivity contribution in [1.82, 2.24) is 0 Å². The van der Waals surface area contributed by atoms with Gasteiger partial charge in [-0.15, -0.1) is 0 Å². The maximum absolute atomic E-state index is 2.35. The van der Waals surface area contributed by atoms with E-state index in [1.165, 1.54) is 12.8 Å². The summed E-state index contributed by atoms with van der Waals surface area (Å²) >= 11 is 0. The van der Waals surface area contributed by atoms with E-state index >= 15 is 0 Å². The van der Waals surface area contributed by atoms with Crippen LogP contribution in [0, 0.1) is 17.3 Å². The Morgan fingerprint density at radius 2 is 1.36 bits per heavy atom. The highest BCUT2D eigenvalue weighted by Crippen LogP contribution is 2.44. The summed E-state index contributed by atoms with van der Waals surface area (Å²) in [4.78, 5) is 0. The SMILES string of the molecule is CC.CC1CC(C(C)(C)C)C1. The molecule has 0 N–H and O–H groups in total. The third-order valence-corrected chi connectivity index (χ3v) is 2.60. The van der Waals surface area contributed by atoms with E-state index in [1.807, 2.05) is 13.8 Å². The van der Waals surface area contributed by atoms with E-state index < -0.39 is 0 Å². The smallest absolute Gasteiger partial charge is 0.0354 e. The second-order valence-electron chi connectivity index (χ2n) is 4.64. The fraction of sp³-hybridized carbons (Fsp3) is 1.00. The molecule has 1 fully saturated rings. The van der Waals surface area contributed by atoms with Gasteiger partial charge in [-0.2, -0.15) is 0 Å². The number of hydrogen-bond acceptors (Lipinski definition) is 0. The summed E-state index contributed by atoms with van der Waals surface area (Å²) < 4.78 is 0. The molecule has 0 amide bonds. The van der Waals surface area contributed by atoms with Gasteiger partial charge < -0.3 is 0 Å². The van der Waals surface area contributed by atoms with Crippen LogP contribution in [-0.2, 0) is 0 Å². The molecular formula is C11H24. The van der Waals surface area contributed by atoms with Gasteiger partial charge in [-0.1, -0.05) is 41.5 Å². The van der Waals surface area contributed by atoms with Crippen LogP contribution in [-0.4, -0.2) is 0 Å². The quantitative estimate of drug-likeness (QED) is 0.495. The molecule has 0 aromatic carbocycles. The maximum Gasteiger partial charge on any atom is -0.0354 e. The fourth-order valence-electron chi connectivity index (χ4n) is 1.61. The molecule has 11 heavy (non-hydrogen) atoms. The zero-order valence-corrected chi connectivity index (χ0v) is 9.07. The molecule has 0 nitrogen and oxygen atoms in total. The highest BCUT2D eigenvalue weighted by Gasteiger charge is 2.34. The molecule has 0 heteroatoms. The van der Waals surface area contributed by atoms with E-state index in [0.29, 0.717) is 5.41 Å². The monoisotopic (exact) mass is 156 g/mol. The van der Waals surface area contributed by atoms with Crippen molar-refractivity contribution in [3.05, 3.63) is 0 Å². The van der Waals surface area contributed by atoms with Crippen LogP contribution in [0.15, 0.2) is 0 Å². The first-order valence-corrected chi connectivity index (χ1v) is 5.00. The highest BCUT2D eigenvalue weighted by molar-refractivity contribution is 4.84. The standard InChI is InChI=1S/C9H18.C2H6/c1-7-5-8(6-7)9(2,3)4;1-2/h7-8H,5-6H2,1-4H3;1-2H3. The second-order valence-corrected chi connectivity index (χ2v) is 4.64. The lowest BCUT2D eigenvalue weighted by Crippen LogP contribution is -2.32. The predicted molar refractivity (Wildman–Crippen MR) is 52.7 cm³/mol. The van der Waals surface area contributed by atoms with E-state index in [0.717, 1.165) is 11.8 Å². The minimum absolute atomic E-state index is 0.576. The summed E-state index contributed by atoms with van der Waals surface area (Å²) in [5, 5.41) is 0. The Bertz CT molecular complexity index is 91.1. The molecule has 0 bridgehead atoms. The lowest BCUT2D eigenvalue weighted by molar-refractivity contribution is 0.0864. The Hall–Kier alpha value is 0. The molecule has 1 rings (SSSR count). The molecule has 0 saturated heterocycles. The molecule has 0 radical (unpaired) electrons. The second kappa shape index (κ2) is 4.13. The normalized spacial score (nSPS) is 30.0. The topological polar surface area (TPSA) is 0 Å². The molecule has 0 aromatic heterocycles. The van der Waals surface area contributed by atoms with Crippen molar-refractivity contribution in [2.24, 2.45) is 17.3 Å². The third-order valence-electron chi connectivity index (χ3n) is 2.60. The Morgan fingerprint density at radius 1 is 1.00 bits per heavy atom. The van der Waals surface area contributed by atoms with Crippen LogP contribution >= 0.6 is 0 Å². The van der Waals surface area contributed by atoms with Crippen LogP contribution in [0.25, 0.3) is 0 Å². The molecule has 1 aliphatic carbocycles. The van der Waals surface area contributed by atoms with Crippen molar-refractivity contribution < 1.29 is 0 Å². The van der Waals surface area contributed by atoms with Gasteiger partial charge in [0.05, 0.1) is 0 Å². The van der Waals surface area contributed by atoms with E-state index in [2.05, 4.69) is 27.7 Å². The predicted octanol–water partition coefficient (Wildman–Crippen LogP) is 4.10. The summed E-state index contributed by atoms with van der Waals surface area (Å²) in [6.07, 6.45) is 2.92. The fourth-order valence-corrected chi connectivity index (χ4v) is 1.61. The van der Waals surface area contributed by atoms with Gasteiger partial charge in [-0.3, -0.25) is 0 Å².